The van der Waals surface area contributed by atoms with Crippen LogP contribution in [0, 0.1) is 17.0 Å². The minimum Gasteiger partial charge on any atom is -0.469 e. The number of hydrogen-bond donors (Lipinski definition) is 0. The number of nitro groups is 1. The van der Waals surface area contributed by atoms with E-state index in [2.05, 4.69) is 5.10 Å². The first-order valence-electron chi connectivity index (χ1n) is 7.60. The van der Waals surface area contributed by atoms with E-state index >= 15 is 0 Å². The first-order chi connectivity index (χ1) is 11.0. The van der Waals surface area contributed by atoms with E-state index in [0.29, 0.717) is 19.4 Å². The number of ether oxygens (including phenoxy) is 3. The summed E-state index contributed by atoms with van der Waals surface area (Å²) in [6.07, 6.45) is -0.318. The molecule has 3 unspecified atom stereocenters. The van der Waals surface area contributed by atoms with E-state index in [9.17, 15) is 14.5 Å². The third kappa shape index (κ3) is 3.78. The van der Waals surface area contributed by atoms with Crippen molar-refractivity contribution in [2.75, 3.05) is 26.9 Å². The summed E-state index contributed by atoms with van der Waals surface area (Å²) in [5, 5.41) is 15.5. The predicted octanol–water partition coefficient (Wildman–Crippen LogP) is 2.20. The highest BCUT2D eigenvalue weighted by Gasteiger charge is 2.35. The molecule has 0 spiro atoms. The fourth-order valence-electron chi connectivity index (χ4n) is 2.61. The largest absolute Gasteiger partial charge is 0.469 e. The van der Waals surface area contributed by atoms with Gasteiger partial charge in [-0.3, -0.25) is 14.8 Å². The maximum atomic E-state index is 14.1. The van der Waals surface area contributed by atoms with Gasteiger partial charge in [0.25, 0.3) is 0 Å². The lowest BCUT2D eigenvalue weighted by Gasteiger charge is -2.26. The third-order valence-electron chi connectivity index (χ3n) is 4.03. The van der Waals surface area contributed by atoms with Crippen LogP contribution in [0.5, 0.6) is 5.88 Å². The topological polar surface area (TPSA) is 88.7 Å². The second kappa shape index (κ2) is 7.69. The van der Waals surface area contributed by atoms with Gasteiger partial charge in [0.05, 0.1) is 23.7 Å². The van der Waals surface area contributed by atoms with Gasteiger partial charge in [0.15, 0.2) is 0 Å². The number of aromatic nitrogens is 2. The molecule has 0 aromatic carbocycles. The lowest BCUT2D eigenvalue weighted by atomic mass is 10.1. The highest BCUT2D eigenvalue weighted by molar-refractivity contribution is 5.45. The molecular weight excluding hydrogens is 309 g/mol. The minimum absolute atomic E-state index is 0.0322. The molecule has 1 saturated heterocycles. The van der Waals surface area contributed by atoms with Crippen LogP contribution >= 0.6 is 0 Å². The number of methoxy groups -OCH3 is 1. The Morgan fingerprint density at radius 3 is 2.91 bits per heavy atom. The predicted molar refractivity (Wildman–Crippen MR) is 79.6 cm³/mol. The molecule has 0 N–H and O–H groups in total. The average Bonchev–Trinajstić information content (AvgIpc) is 2.85. The SMILES string of the molecule is CCC(COc1nn(C2CCOCC2F)c(C)c1[N+](=O)[O-])OC. The zero-order chi connectivity index (χ0) is 17.0. The van der Waals surface area contributed by atoms with E-state index in [-0.39, 0.29) is 36.6 Å². The normalized spacial score (nSPS) is 22.8. The van der Waals surface area contributed by atoms with Gasteiger partial charge in [-0.1, -0.05) is 6.92 Å². The second-order valence-corrected chi connectivity index (χ2v) is 5.46. The van der Waals surface area contributed by atoms with Crippen molar-refractivity contribution in [3.05, 3.63) is 15.8 Å². The molecule has 2 rings (SSSR count). The molecule has 0 aliphatic carbocycles. The van der Waals surface area contributed by atoms with Gasteiger partial charge in [-0.15, -0.1) is 5.10 Å². The second-order valence-electron chi connectivity index (χ2n) is 5.46. The maximum Gasteiger partial charge on any atom is 0.352 e. The zero-order valence-electron chi connectivity index (χ0n) is 13.5. The summed E-state index contributed by atoms with van der Waals surface area (Å²) in [6, 6.07) is -0.579. The summed E-state index contributed by atoms with van der Waals surface area (Å²) in [6.45, 7) is 3.99. The number of hydrogen-bond acceptors (Lipinski definition) is 6. The van der Waals surface area contributed by atoms with Crippen molar-refractivity contribution in [2.45, 2.75) is 45.0 Å². The van der Waals surface area contributed by atoms with Gasteiger partial charge in [0.2, 0.25) is 0 Å². The Balaban J connectivity index is 2.27. The van der Waals surface area contributed by atoms with Crippen molar-refractivity contribution in [1.82, 2.24) is 9.78 Å². The molecule has 130 valence electrons. The fourth-order valence-corrected chi connectivity index (χ4v) is 2.61. The smallest absolute Gasteiger partial charge is 0.352 e. The van der Waals surface area contributed by atoms with Gasteiger partial charge >= 0.3 is 11.6 Å². The molecule has 0 saturated carbocycles. The molecule has 2 heterocycles. The molecule has 23 heavy (non-hydrogen) atoms. The summed E-state index contributed by atoms with van der Waals surface area (Å²) < 4.78 is 31.1. The molecule has 9 heteroatoms. The van der Waals surface area contributed by atoms with E-state index in [1.165, 1.54) is 4.68 Å². The van der Waals surface area contributed by atoms with Gasteiger partial charge in [0, 0.05) is 13.7 Å². The van der Waals surface area contributed by atoms with Crippen molar-refractivity contribution in [1.29, 1.82) is 0 Å². The quantitative estimate of drug-likeness (QED) is 0.562. The van der Waals surface area contributed by atoms with Crippen LogP contribution < -0.4 is 4.74 Å². The van der Waals surface area contributed by atoms with E-state index in [1.54, 1.807) is 14.0 Å². The van der Waals surface area contributed by atoms with Crippen LogP contribution in [0.4, 0.5) is 10.1 Å². The van der Waals surface area contributed by atoms with Gasteiger partial charge in [-0.25, -0.2) is 4.39 Å². The minimum atomic E-state index is -1.25. The van der Waals surface area contributed by atoms with E-state index in [1.807, 2.05) is 6.92 Å². The molecule has 0 bridgehead atoms. The first-order valence-corrected chi connectivity index (χ1v) is 7.60. The summed E-state index contributed by atoms with van der Waals surface area (Å²) in [7, 11) is 1.55. The molecule has 1 fully saturated rings. The Bertz CT molecular complexity index is 547. The van der Waals surface area contributed by atoms with E-state index in [0.717, 1.165) is 0 Å². The van der Waals surface area contributed by atoms with Crippen LogP contribution in [0.1, 0.15) is 31.5 Å². The fraction of sp³-hybridized carbons (Fsp3) is 0.786. The molecule has 0 amide bonds. The Morgan fingerprint density at radius 1 is 1.61 bits per heavy atom. The van der Waals surface area contributed by atoms with Crippen molar-refractivity contribution < 1.29 is 23.5 Å². The molecule has 1 aromatic heterocycles. The maximum absolute atomic E-state index is 14.1. The van der Waals surface area contributed by atoms with Gasteiger partial charge in [-0.2, -0.15) is 0 Å². The van der Waals surface area contributed by atoms with Crippen LogP contribution in [0.15, 0.2) is 0 Å². The highest BCUT2D eigenvalue weighted by Crippen LogP contribution is 2.35. The number of nitrogens with zero attached hydrogens (tertiary/aromatic N) is 3. The lowest BCUT2D eigenvalue weighted by Crippen LogP contribution is -2.32. The molecule has 1 aliphatic rings. The third-order valence-corrected chi connectivity index (χ3v) is 4.03. The Hall–Kier alpha value is -1.74. The van der Waals surface area contributed by atoms with Crippen molar-refractivity contribution in [2.24, 2.45) is 0 Å². The van der Waals surface area contributed by atoms with Gasteiger partial charge in [0.1, 0.15) is 18.5 Å². The molecule has 8 nitrogen and oxygen atoms in total. The van der Waals surface area contributed by atoms with Crippen molar-refractivity contribution in [3.8, 4) is 5.88 Å². The Morgan fingerprint density at radius 2 is 2.35 bits per heavy atom. The highest BCUT2D eigenvalue weighted by atomic mass is 19.1. The van der Waals surface area contributed by atoms with Crippen LogP contribution in [0.25, 0.3) is 0 Å². The summed E-state index contributed by atoms with van der Waals surface area (Å²) in [5.74, 6) is -0.0957. The summed E-state index contributed by atoms with van der Waals surface area (Å²) >= 11 is 0. The van der Waals surface area contributed by atoms with Crippen molar-refractivity contribution >= 4 is 5.69 Å². The Kier molecular flexibility index (Phi) is 5.89. The zero-order valence-corrected chi connectivity index (χ0v) is 13.5. The van der Waals surface area contributed by atoms with Gasteiger partial charge < -0.3 is 14.2 Å². The average molecular weight is 331 g/mol. The number of alkyl halides is 1. The van der Waals surface area contributed by atoms with Crippen LogP contribution in [-0.2, 0) is 9.47 Å². The standard InChI is InChI=1S/C14H22FN3O5/c1-4-10(21-3)7-23-14-13(18(19)20)9(2)17(16-14)12-5-6-22-8-11(12)15/h10-12H,4-8H2,1-3H3. The van der Waals surface area contributed by atoms with Crippen LogP contribution in [0.2, 0.25) is 0 Å². The van der Waals surface area contributed by atoms with Crippen molar-refractivity contribution in [3.63, 3.8) is 0 Å². The molecule has 1 aliphatic heterocycles. The molecule has 0 radical (unpaired) electrons. The van der Waals surface area contributed by atoms with Gasteiger partial charge in [-0.05, 0) is 19.8 Å². The van der Waals surface area contributed by atoms with Crippen LogP contribution in [0.3, 0.4) is 0 Å². The van der Waals surface area contributed by atoms with E-state index < -0.39 is 17.1 Å². The number of rotatable bonds is 7. The Labute approximate surface area is 133 Å². The van der Waals surface area contributed by atoms with E-state index in [4.69, 9.17) is 14.2 Å². The molecule has 1 aromatic rings. The van der Waals surface area contributed by atoms with Crippen LogP contribution in [-0.4, -0.2) is 53.9 Å². The molecule has 3 atom stereocenters. The first kappa shape index (κ1) is 17.6. The lowest BCUT2D eigenvalue weighted by molar-refractivity contribution is -0.386. The monoisotopic (exact) mass is 331 g/mol. The molecular formula is C14H22FN3O5. The number of halogens is 1. The summed E-state index contributed by atoms with van der Waals surface area (Å²) in [5.41, 5.74) is 0.0552. The summed E-state index contributed by atoms with van der Waals surface area (Å²) in [4.78, 5) is 10.8.